The second-order valence-electron chi connectivity index (χ2n) is 10.1. The summed E-state index contributed by atoms with van der Waals surface area (Å²) in [6, 6.07) is 0. The van der Waals surface area contributed by atoms with Crippen molar-refractivity contribution in [3.8, 4) is 0 Å². The van der Waals surface area contributed by atoms with Crippen LogP contribution in [0, 0.1) is 23.7 Å². The molecule has 4 rings (SSSR count). The van der Waals surface area contributed by atoms with Gasteiger partial charge in [0.1, 0.15) is 11.4 Å². The molecule has 0 aliphatic carbocycles. The van der Waals surface area contributed by atoms with Crippen molar-refractivity contribution in [2.45, 2.75) is 52.1 Å². The number of methoxy groups -OCH3 is 1. The van der Waals surface area contributed by atoms with E-state index in [9.17, 15) is 14.4 Å². The number of carbonyl (C=O) groups excluding carboxylic acids is 3. The van der Waals surface area contributed by atoms with E-state index in [2.05, 4.69) is 4.74 Å². The molecular formula is C24H40O5S4. The second-order valence-corrected chi connectivity index (χ2v) is 14.4. The monoisotopic (exact) mass is 536 g/mol. The number of ketones is 1. The van der Waals surface area contributed by atoms with Gasteiger partial charge in [0.15, 0.2) is 0 Å². The normalized spacial score (nSPS) is 20.8. The van der Waals surface area contributed by atoms with Crippen LogP contribution in [0.15, 0.2) is 0 Å². The smallest absolute Gasteiger partial charge is 0.306 e. The maximum Gasteiger partial charge on any atom is 0.306 e. The molecule has 4 aliphatic heterocycles. The molecule has 0 bridgehead atoms. The number of hydrogen-bond donors (Lipinski definition) is 0. The highest BCUT2D eigenvalue weighted by Crippen LogP contribution is 2.31. The fraction of sp³-hybridized carbons (Fsp3) is 0.875. The van der Waals surface area contributed by atoms with Gasteiger partial charge in [-0.15, -0.1) is 0 Å². The molecule has 0 aromatic rings. The van der Waals surface area contributed by atoms with Crippen LogP contribution in [0.4, 0.5) is 0 Å². The average Bonchev–Trinajstić information content (AvgIpc) is 2.60. The number of ether oxygens (including phenoxy) is 2. The lowest BCUT2D eigenvalue weighted by Gasteiger charge is -2.27. The van der Waals surface area contributed by atoms with E-state index in [1.165, 1.54) is 30.1 Å². The molecule has 0 saturated carbocycles. The Morgan fingerprint density at radius 1 is 0.636 bits per heavy atom. The van der Waals surface area contributed by atoms with E-state index < -0.39 is 0 Å². The number of carbonyl (C=O) groups is 3. The van der Waals surface area contributed by atoms with Crippen molar-refractivity contribution < 1.29 is 23.9 Å². The van der Waals surface area contributed by atoms with Gasteiger partial charge in [0, 0.05) is 25.7 Å². The van der Waals surface area contributed by atoms with Crippen molar-refractivity contribution in [3.63, 3.8) is 0 Å². The largest absolute Gasteiger partial charge is 0.469 e. The molecule has 5 nitrogen and oxygen atoms in total. The molecule has 0 unspecified atom stereocenters. The SMILES string of the molecule is CC(C)(C)OC(=O)CC1CSC1.COC(=O)CC1CSC1.O=C(CC1CSC1)CC1CSC1. The minimum atomic E-state index is -0.325. The van der Waals surface area contributed by atoms with Crippen molar-refractivity contribution in [1.82, 2.24) is 0 Å². The predicted octanol–water partition coefficient (Wildman–Crippen LogP) is 5.06. The van der Waals surface area contributed by atoms with Crippen molar-refractivity contribution in [2.75, 3.05) is 53.1 Å². The zero-order chi connectivity index (χ0) is 24.3. The fourth-order valence-electron chi connectivity index (χ4n) is 3.27. The van der Waals surface area contributed by atoms with Gasteiger partial charge in [0.25, 0.3) is 0 Å². The Hall–Kier alpha value is 0.01000. The van der Waals surface area contributed by atoms with E-state index in [1.807, 2.05) is 67.8 Å². The quantitative estimate of drug-likeness (QED) is 0.396. The van der Waals surface area contributed by atoms with Crippen molar-refractivity contribution in [1.29, 1.82) is 0 Å². The third kappa shape index (κ3) is 13.0. The van der Waals surface area contributed by atoms with Gasteiger partial charge in [0.2, 0.25) is 0 Å². The Bertz CT molecular complexity index is 603. The van der Waals surface area contributed by atoms with E-state index in [0.717, 1.165) is 47.7 Å². The summed E-state index contributed by atoms with van der Waals surface area (Å²) in [5.74, 6) is 12.5. The van der Waals surface area contributed by atoms with Gasteiger partial charge in [-0.2, -0.15) is 47.0 Å². The van der Waals surface area contributed by atoms with Gasteiger partial charge < -0.3 is 9.47 Å². The molecule has 4 fully saturated rings. The zero-order valence-corrected chi connectivity index (χ0v) is 23.7. The molecule has 4 heterocycles. The van der Waals surface area contributed by atoms with Crippen LogP contribution in [0.2, 0.25) is 0 Å². The lowest BCUT2D eigenvalue weighted by Crippen LogP contribution is -2.28. The van der Waals surface area contributed by atoms with Crippen LogP contribution in [0.5, 0.6) is 0 Å². The molecule has 4 saturated heterocycles. The molecule has 0 aromatic heterocycles. The van der Waals surface area contributed by atoms with Gasteiger partial charge in [-0.05, 0) is 90.5 Å². The van der Waals surface area contributed by atoms with Crippen LogP contribution in [-0.2, 0) is 23.9 Å². The molecule has 9 heteroatoms. The maximum atomic E-state index is 11.4. The Balaban J connectivity index is 0.000000177. The van der Waals surface area contributed by atoms with Gasteiger partial charge in [-0.25, -0.2) is 0 Å². The number of hydrogen-bond acceptors (Lipinski definition) is 9. The molecule has 0 spiro atoms. The first kappa shape index (κ1) is 29.2. The molecule has 0 N–H and O–H groups in total. The Morgan fingerprint density at radius 3 is 1.24 bits per heavy atom. The molecule has 0 radical (unpaired) electrons. The molecule has 33 heavy (non-hydrogen) atoms. The number of Topliss-reactive ketones (excluding diaryl/α,β-unsaturated/α-hetero) is 1. The van der Waals surface area contributed by atoms with Crippen LogP contribution in [0.1, 0.15) is 46.5 Å². The lowest BCUT2D eigenvalue weighted by atomic mass is 9.98. The van der Waals surface area contributed by atoms with Crippen LogP contribution in [0.3, 0.4) is 0 Å². The van der Waals surface area contributed by atoms with Gasteiger partial charge in [0.05, 0.1) is 7.11 Å². The zero-order valence-electron chi connectivity index (χ0n) is 20.5. The summed E-state index contributed by atoms with van der Waals surface area (Å²) in [6.07, 6.45) is 2.95. The van der Waals surface area contributed by atoms with Crippen LogP contribution < -0.4 is 0 Å². The number of esters is 2. The molecular weight excluding hydrogens is 497 g/mol. The highest BCUT2D eigenvalue weighted by Gasteiger charge is 2.26. The summed E-state index contributed by atoms with van der Waals surface area (Å²) >= 11 is 7.73. The third-order valence-corrected chi connectivity index (χ3v) is 11.1. The third-order valence-electron chi connectivity index (χ3n) is 5.42. The molecule has 0 amide bonds. The summed E-state index contributed by atoms with van der Waals surface area (Å²) in [4.78, 5) is 33.2. The Labute approximate surface area is 216 Å². The minimum absolute atomic E-state index is 0.0483. The van der Waals surface area contributed by atoms with E-state index in [1.54, 1.807) is 0 Å². The molecule has 0 aromatic carbocycles. The van der Waals surface area contributed by atoms with E-state index in [0.29, 0.717) is 30.5 Å². The minimum Gasteiger partial charge on any atom is -0.469 e. The summed E-state index contributed by atoms with van der Waals surface area (Å²) in [5, 5.41) is 0. The van der Waals surface area contributed by atoms with Crippen LogP contribution in [-0.4, -0.2) is 76.5 Å². The molecule has 4 aliphatic rings. The fourth-order valence-corrected chi connectivity index (χ4v) is 6.49. The summed E-state index contributed by atoms with van der Waals surface area (Å²) < 4.78 is 9.70. The van der Waals surface area contributed by atoms with Crippen molar-refractivity contribution in [3.05, 3.63) is 0 Å². The van der Waals surface area contributed by atoms with Gasteiger partial charge >= 0.3 is 11.9 Å². The lowest BCUT2D eigenvalue weighted by molar-refractivity contribution is -0.155. The number of thioether (sulfide) groups is 4. The van der Waals surface area contributed by atoms with Crippen molar-refractivity contribution >= 4 is 64.8 Å². The van der Waals surface area contributed by atoms with E-state index in [-0.39, 0.29) is 17.5 Å². The first-order valence-electron chi connectivity index (χ1n) is 11.8. The molecule has 0 atom stereocenters. The maximum absolute atomic E-state index is 11.4. The first-order chi connectivity index (χ1) is 15.6. The number of rotatable bonds is 8. The van der Waals surface area contributed by atoms with E-state index in [4.69, 9.17) is 4.74 Å². The van der Waals surface area contributed by atoms with Gasteiger partial charge in [-0.1, -0.05) is 0 Å². The standard InChI is InChI=1S/C9H16O2S.C9H14OS2.C6H10O2S/c1-9(2,3)11-8(10)4-7-5-12-6-7;10-9(1-7-3-11-4-7)2-8-5-12-6-8;1-8-6(7)2-5-3-9-4-5/h7H,4-6H2,1-3H3;7-8H,1-6H2;5H,2-4H2,1H3. The Kier molecular flexibility index (Phi) is 13.5. The average molecular weight is 537 g/mol. The summed E-state index contributed by atoms with van der Waals surface area (Å²) in [7, 11) is 1.44. The van der Waals surface area contributed by atoms with Gasteiger partial charge in [-0.3, -0.25) is 14.4 Å². The second kappa shape index (κ2) is 15.2. The molecule has 190 valence electrons. The first-order valence-corrected chi connectivity index (χ1v) is 16.4. The summed E-state index contributed by atoms with van der Waals surface area (Å²) in [5.41, 5.74) is -0.325. The summed E-state index contributed by atoms with van der Waals surface area (Å²) in [6.45, 7) is 5.71. The predicted molar refractivity (Wildman–Crippen MR) is 145 cm³/mol. The highest BCUT2D eigenvalue weighted by molar-refractivity contribution is 8.01. The Morgan fingerprint density at radius 2 is 0.970 bits per heavy atom. The van der Waals surface area contributed by atoms with E-state index >= 15 is 0 Å². The highest BCUT2D eigenvalue weighted by atomic mass is 32.2. The topological polar surface area (TPSA) is 69.7 Å². The van der Waals surface area contributed by atoms with Crippen LogP contribution in [0.25, 0.3) is 0 Å². The van der Waals surface area contributed by atoms with Crippen LogP contribution >= 0.6 is 47.0 Å². The van der Waals surface area contributed by atoms with Crippen molar-refractivity contribution in [2.24, 2.45) is 23.7 Å².